The van der Waals surface area contributed by atoms with E-state index in [-0.39, 0.29) is 18.2 Å². The number of halogens is 1. The molecular weight excluding hydrogens is 263 g/mol. The molecule has 1 saturated carbocycles. The standard InChI is InChI=1S/C14H17FN2O3/c15-10-4-2-5-11(7-10)17-14(20)13(19)16-8-9-3-1-6-12(9)18/h2,4-5,7,9,12,18H,1,3,6,8H2,(H,16,19)(H,17,20). The number of carbonyl (C=O) groups excluding carboxylic acids is 2. The van der Waals surface area contributed by atoms with Crippen molar-refractivity contribution in [2.75, 3.05) is 11.9 Å². The lowest BCUT2D eigenvalue weighted by atomic mass is 10.1. The molecular formula is C14H17FN2O3. The third-order valence-corrected chi connectivity index (χ3v) is 3.43. The van der Waals surface area contributed by atoms with Crippen LogP contribution in [0.4, 0.5) is 10.1 Å². The second kappa shape index (κ2) is 6.47. The van der Waals surface area contributed by atoms with Crippen molar-refractivity contribution in [1.29, 1.82) is 0 Å². The maximum atomic E-state index is 12.9. The summed E-state index contributed by atoms with van der Waals surface area (Å²) in [5, 5.41) is 14.4. The van der Waals surface area contributed by atoms with Crippen LogP contribution in [0, 0.1) is 11.7 Å². The molecule has 2 unspecified atom stereocenters. The molecule has 0 heterocycles. The molecule has 1 aromatic rings. The first-order valence-corrected chi connectivity index (χ1v) is 6.59. The number of aliphatic hydroxyl groups is 1. The number of benzene rings is 1. The number of rotatable bonds is 3. The summed E-state index contributed by atoms with van der Waals surface area (Å²) in [5.74, 6) is -2.12. The molecule has 0 spiro atoms. The van der Waals surface area contributed by atoms with Gasteiger partial charge in [0.2, 0.25) is 0 Å². The zero-order valence-corrected chi connectivity index (χ0v) is 10.9. The molecule has 2 rings (SSSR count). The minimum absolute atomic E-state index is 0.000852. The highest BCUT2D eigenvalue weighted by Gasteiger charge is 2.26. The van der Waals surface area contributed by atoms with Crippen molar-refractivity contribution in [3.05, 3.63) is 30.1 Å². The monoisotopic (exact) mass is 280 g/mol. The molecule has 1 aliphatic rings. The van der Waals surface area contributed by atoms with Gasteiger partial charge >= 0.3 is 11.8 Å². The Kier molecular flexibility index (Phi) is 4.68. The van der Waals surface area contributed by atoms with Crippen LogP contribution >= 0.6 is 0 Å². The van der Waals surface area contributed by atoms with Gasteiger partial charge in [-0.1, -0.05) is 12.5 Å². The van der Waals surface area contributed by atoms with Crippen molar-refractivity contribution < 1.29 is 19.1 Å². The summed E-state index contributed by atoms with van der Waals surface area (Å²) in [4.78, 5) is 23.2. The molecule has 6 heteroatoms. The third-order valence-electron chi connectivity index (χ3n) is 3.43. The Labute approximate surface area is 116 Å². The molecule has 2 amide bonds. The highest BCUT2D eigenvalue weighted by molar-refractivity contribution is 6.39. The largest absolute Gasteiger partial charge is 0.393 e. The van der Waals surface area contributed by atoms with Crippen LogP contribution in [-0.4, -0.2) is 29.6 Å². The van der Waals surface area contributed by atoms with Crippen LogP contribution in [0.15, 0.2) is 24.3 Å². The van der Waals surface area contributed by atoms with Gasteiger partial charge in [0.1, 0.15) is 5.82 Å². The Hall–Kier alpha value is -1.95. The maximum absolute atomic E-state index is 12.9. The summed E-state index contributed by atoms with van der Waals surface area (Å²) in [6, 6.07) is 5.32. The van der Waals surface area contributed by atoms with Crippen LogP contribution in [0.25, 0.3) is 0 Å². The Balaban J connectivity index is 1.81. The average molecular weight is 280 g/mol. The van der Waals surface area contributed by atoms with Gasteiger partial charge in [-0.05, 0) is 31.0 Å². The first-order valence-electron chi connectivity index (χ1n) is 6.59. The van der Waals surface area contributed by atoms with Crippen LogP contribution < -0.4 is 10.6 Å². The number of anilines is 1. The molecule has 0 aliphatic heterocycles. The summed E-state index contributed by atoms with van der Waals surface area (Å²) >= 11 is 0. The zero-order chi connectivity index (χ0) is 14.5. The summed E-state index contributed by atoms with van der Waals surface area (Å²) in [7, 11) is 0. The van der Waals surface area contributed by atoms with Crippen molar-refractivity contribution in [1.82, 2.24) is 5.32 Å². The van der Waals surface area contributed by atoms with Gasteiger partial charge in [0.25, 0.3) is 0 Å². The number of amides is 2. The summed E-state index contributed by atoms with van der Waals surface area (Å²) < 4.78 is 12.9. The van der Waals surface area contributed by atoms with E-state index in [1.54, 1.807) is 0 Å². The predicted molar refractivity (Wildman–Crippen MR) is 71.4 cm³/mol. The highest BCUT2D eigenvalue weighted by Crippen LogP contribution is 2.24. The Morgan fingerprint density at radius 2 is 2.10 bits per heavy atom. The van der Waals surface area contributed by atoms with Crippen LogP contribution in [0.5, 0.6) is 0 Å². The fourth-order valence-corrected chi connectivity index (χ4v) is 2.31. The molecule has 5 nitrogen and oxygen atoms in total. The van der Waals surface area contributed by atoms with Gasteiger partial charge in [-0.25, -0.2) is 4.39 Å². The number of carbonyl (C=O) groups is 2. The molecule has 1 fully saturated rings. The molecule has 2 atom stereocenters. The van der Waals surface area contributed by atoms with Crippen molar-refractivity contribution in [2.24, 2.45) is 5.92 Å². The maximum Gasteiger partial charge on any atom is 0.313 e. The smallest absolute Gasteiger partial charge is 0.313 e. The molecule has 1 aliphatic carbocycles. The molecule has 3 N–H and O–H groups in total. The number of nitrogens with one attached hydrogen (secondary N) is 2. The fourth-order valence-electron chi connectivity index (χ4n) is 2.31. The van der Waals surface area contributed by atoms with E-state index in [4.69, 9.17) is 0 Å². The highest BCUT2D eigenvalue weighted by atomic mass is 19.1. The lowest BCUT2D eigenvalue weighted by Crippen LogP contribution is -2.39. The van der Waals surface area contributed by atoms with E-state index in [9.17, 15) is 19.1 Å². The van der Waals surface area contributed by atoms with Crippen molar-refractivity contribution in [3.63, 3.8) is 0 Å². The van der Waals surface area contributed by atoms with Gasteiger partial charge in [0.15, 0.2) is 0 Å². The fraction of sp³-hybridized carbons (Fsp3) is 0.429. The molecule has 108 valence electrons. The molecule has 0 radical (unpaired) electrons. The molecule has 0 aromatic heterocycles. The Bertz CT molecular complexity index is 507. The van der Waals surface area contributed by atoms with E-state index in [0.717, 1.165) is 25.3 Å². The van der Waals surface area contributed by atoms with E-state index in [0.29, 0.717) is 0 Å². The molecule has 0 saturated heterocycles. The van der Waals surface area contributed by atoms with Crippen LogP contribution in [0.1, 0.15) is 19.3 Å². The van der Waals surface area contributed by atoms with Crippen molar-refractivity contribution in [2.45, 2.75) is 25.4 Å². The van der Waals surface area contributed by atoms with Gasteiger partial charge in [0, 0.05) is 18.2 Å². The second-order valence-electron chi connectivity index (χ2n) is 4.93. The predicted octanol–water partition coefficient (Wildman–Crippen LogP) is 1.04. The second-order valence-corrected chi connectivity index (χ2v) is 4.93. The molecule has 1 aromatic carbocycles. The molecule has 0 bridgehead atoms. The van der Waals surface area contributed by atoms with E-state index < -0.39 is 23.7 Å². The summed E-state index contributed by atoms with van der Waals surface area (Å²) in [6.07, 6.45) is 2.08. The van der Waals surface area contributed by atoms with Gasteiger partial charge in [-0.15, -0.1) is 0 Å². The Morgan fingerprint density at radius 3 is 2.75 bits per heavy atom. The van der Waals surface area contributed by atoms with Crippen molar-refractivity contribution in [3.8, 4) is 0 Å². The summed E-state index contributed by atoms with van der Waals surface area (Å²) in [6.45, 7) is 0.274. The quantitative estimate of drug-likeness (QED) is 0.724. The normalized spacial score (nSPS) is 21.5. The van der Waals surface area contributed by atoms with Crippen molar-refractivity contribution >= 4 is 17.5 Å². The van der Waals surface area contributed by atoms with Crippen LogP contribution in [0.2, 0.25) is 0 Å². The topological polar surface area (TPSA) is 78.4 Å². The van der Waals surface area contributed by atoms with Crippen LogP contribution in [-0.2, 0) is 9.59 Å². The summed E-state index contributed by atoms with van der Waals surface area (Å²) in [5.41, 5.74) is 0.228. The van der Waals surface area contributed by atoms with Gasteiger partial charge in [0.05, 0.1) is 6.10 Å². The van der Waals surface area contributed by atoms with Crippen LogP contribution in [0.3, 0.4) is 0 Å². The average Bonchev–Trinajstić information content (AvgIpc) is 2.81. The van der Waals surface area contributed by atoms with E-state index in [1.807, 2.05) is 0 Å². The number of aliphatic hydroxyl groups excluding tert-OH is 1. The lowest BCUT2D eigenvalue weighted by Gasteiger charge is -2.14. The number of hydrogen-bond acceptors (Lipinski definition) is 3. The van der Waals surface area contributed by atoms with E-state index >= 15 is 0 Å². The minimum atomic E-state index is -0.844. The third kappa shape index (κ3) is 3.77. The molecule has 20 heavy (non-hydrogen) atoms. The zero-order valence-electron chi connectivity index (χ0n) is 10.9. The Morgan fingerprint density at radius 1 is 1.30 bits per heavy atom. The van der Waals surface area contributed by atoms with Gasteiger partial charge < -0.3 is 15.7 Å². The first-order chi connectivity index (χ1) is 9.56. The van der Waals surface area contributed by atoms with Gasteiger partial charge in [-0.2, -0.15) is 0 Å². The lowest BCUT2D eigenvalue weighted by molar-refractivity contribution is -0.136. The van der Waals surface area contributed by atoms with E-state index in [1.165, 1.54) is 18.2 Å². The SMILES string of the molecule is O=C(NCC1CCCC1O)C(=O)Nc1cccc(F)c1. The number of hydrogen-bond donors (Lipinski definition) is 3. The van der Waals surface area contributed by atoms with E-state index in [2.05, 4.69) is 10.6 Å². The first kappa shape index (κ1) is 14.5. The minimum Gasteiger partial charge on any atom is -0.393 e. The van der Waals surface area contributed by atoms with Gasteiger partial charge in [-0.3, -0.25) is 9.59 Å².